The van der Waals surface area contributed by atoms with Crippen LogP contribution in [0.1, 0.15) is 32.8 Å². The highest BCUT2D eigenvalue weighted by atomic mass is 16.6. The fraction of sp³-hybridized carbons (Fsp3) is 0.526. The summed E-state index contributed by atoms with van der Waals surface area (Å²) in [4.78, 5) is 13.9. The van der Waals surface area contributed by atoms with Crippen molar-refractivity contribution in [3.8, 4) is 0 Å². The van der Waals surface area contributed by atoms with E-state index in [4.69, 9.17) is 15.2 Å². The summed E-state index contributed by atoms with van der Waals surface area (Å²) < 4.78 is 10.7. The Hall–Kier alpha value is -2.05. The number of allylic oxidation sites excluding steroid dienone is 2. The first-order valence-electron chi connectivity index (χ1n) is 8.93. The standard InChI is InChI=1S/C19H29N3O3/c1-4-14(5-2)17-11-15(21-9-10-24-6-3)7-8-18(17)22-13-16(12-20)25-19(22)23/h4,7-8,11,16,21H,5-6,9-10,12-13,20H2,1-3H3. The summed E-state index contributed by atoms with van der Waals surface area (Å²) in [6, 6.07) is 6.04. The molecule has 25 heavy (non-hydrogen) atoms. The second kappa shape index (κ2) is 9.44. The van der Waals surface area contributed by atoms with Gasteiger partial charge in [-0.25, -0.2) is 4.79 Å². The fourth-order valence-electron chi connectivity index (χ4n) is 2.94. The molecular weight excluding hydrogens is 318 g/mol. The molecule has 6 nitrogen and oxygen atoms in total. The van der Waals surface area contributed by atoms with Crippen molar-refractivity contribution in [1.82, 2.24) is 0 Å². The highest BCUT2D eigenvalue weighted by Crippen LogP contribution is 2.34. The van der Waals surface area contributed by atoms with E-state index in [0.29, 0.717) is 26.3 Å². The van der Waals surface area contributed by atoms with Gasteiger partial charge in [-0.15, -0.1) is 0 Å². The van der Waals surface area contributed by atoms with Gasteiger partial charge in [-0.05, 0) is 44.0 Å². The van der Waals surface area contributed by atoms with Gasteiger partial charge in [0.25, 0.3) is 0 Å². The van der Waals surface area contributed by atoms with Crippen molar-refractivity contribution in [2.24, 2.45) is 5.73 Å². The first-order valence-corrected chi connectivity index (χ1v) is 8.93. The van der Waals surface area contributed by atoms with Gasteiger partial charge in [-0.3, -0.25) is 4.90 Å². The smallest absolute Gasteiger partial charge is 0.414 e. The van der Waals surface area contributed by atoms with Crippen molar-refractivity contribution in [3.05, 3.63) is 29.8 Å². The Morgan fingerprint density at radius 3 is 2.88 bits per heavy atom. The maximum absolute atomic E-state index is 12.2. The predicted molar refractivity (Wildman–Crippen MR) is 102 cm³/mol. The number of hydrogen-bond acceptors (Lipinski definition) is 5. The average molecular weight is 347 g/mol. The number of rotatable bonds is 9. The lowest BCUT2D eigenvalue weighted by Gasteiger charge is -2.20. The van der Waals surface area contributed by atoms with Gasteiger partial charge in [0.2, 0.25) is 0 Å². The van der Waals surface area contributed by atoms with Gasteiger partial charge in [0.05, 0.1) is 18.8 Å². The van der Waals surface area contributed by atoms with E-state index in [1.165, 1.54) is 5.57 Å². The second-order valence-electron chi connectivity index (χ2n) is 5.88. The molecule has 1 atom stereocenters. The minimum atomic E-state index is -0.333. The Morgan fingerprint density at radius 2 is 2.28 bits per heavy atom. The van der Waals surface area contributed by atoms with Crippen LogP contribution < -0.4 is 16.0 Å². The average Bonchev–Trinajstić information content (AvgIpc) is 3.01. The van der Waals surface area contributed by atoms with E-state index >= 15 is 0 Å². The van der Waals surface area contributed by atoms with Gasteiger partial charge in [0, 0.05) is 30.9 Å². The topological polar surface area (TPSA) is 76.8 Å². The molecule has 1 unspecified atom stereocenters. The van der Waals surface area contributed by atoms with Gasteiger partial charge in [0.1, 0.15) is 6.10 Å². The number of ether oxygens (including phenoxy) is 2. The van der Waals surface area contributed by atoms with Crippen LogP contribution in [0.4, 0.5) is 16.2 Å². The number of carbonyl (C=O) groups is 1. The summed E-state index contributed by atoms with van der Waals surface area (Å²) in [6.45, 7) is 9.04. The van der Waals surface area contributed by atoms with Crippen LogP contribution in [0.15, 0.2) is 24.3 Å². The zero-order valence-electron chi connectivity index (χ0n) is 15.4. The fourth-order valence-corrected chi connectivity index (χ4v) is 2.94. The van der Waals surface area contributed by atoms with Gasteiger partial charge < -0.3 is 20.5 Å². The second-order valence-corrected chi connectivity index (χ2v) is 5.88. The lowest BCUT2D eigenvalue weighted by atomic mass is 9.99. The van der Waals surface area contributed by atoms with Crippen LogP contribution in [0.3, 0.4) is 0 Å². The zero-order valence-corrected chi connectivity index (χ0v) is 15.4. The molecular formula is C19H29N3O3. The predicted octanol–water partition coefficient (Wildman–Crippen LogP) is 3.23. The first-order chi connectivity index (χ1) is 12.1. The largest absolute Gasteiger partial charge is 0.443 e. The summed E-state index contributed by atoms with van der Waals surface area (Å²) in [5.41, 5.74) is 9.76. The molecule has 138 valence electrons. The third-order valence-electron chi connectivity index (χ3n) is 4.28. The quantitative estimate of drug-likeness (QED) is 0.671. The maximum Gasteiger partial charge on any atom is 0.414 e. The van der Waals surface area contributed by atoms with Gasteiger partial charge in [0.15, 0.2) is 0 Å². The Bertz CT molecular complexity index is 616. The molecule has 1 fully saturated rings. The number of cyclic esters (lactones) is 1. The third-order valence-corrected chi connectivity index (χ3v) is 4.28. The van der Waals surface area contributed by atoms with Crippen LogP contribution in [0, 0.1) is 0 Å². The summed E-state index contributed by atoms with van der Waals surface area (Å²) in [7, 11) is 0. The van der Waals surface area contributed by atoms with Crippen molar-refractivity contribution >= 4 is 23.0 Å². The minimum Gasteiger partial charge on any atom is -0.443 e. The number of amides is 1. The van der Waals surface area contributed by atoms with Crippen molar-refractivity contribution in [2.45, 2.75) is 33.3 Å². The van der Waals surface area contributed by atoms with Crippen LogP contribution in [0.25, 0.3) is 5.57 Å². The van der Waals surface area contributed by atoms with Gasteiger partial charge >= 0.3 is 6.09 Å². The molecule has 0 saturated carbocycles. The van der Waals surface area contributed by atoms with E-state index in [2.05, 4.69) is 24.4 Å². The lowest BCUT2D eigenvalue weighted by Crippen LogP contribution is -2.28. The maximum atomic E-state index is 12.2. The molecule has 1 heterocycles. The molecule has 1 aliphatic heterocycles. The molecule has 1 saturated heterocycles. The molecule has 1 aliphatic rings. The molecule has 0 spiro atoms. The number of hydrogen-bond donors (Lipinski definition) is 2. The number of nitrogens with one attached hydrogen (secondary N) is 1. The third kappa shape index (κ3) is 4.74. The summed E-state index contributed by atoms with van der Waals surface area (Å²) in [5.74, 6) is 0. The SMILES string of the molecule is CC=C(CC)c1cc(NCCOCC)ccc1N1CC(CN)OC1=O. The Labute approximate surface area is 150 Å². The number of anilines is 2. The molecule has 0 radical (unpaired) electrons. The van der Waals surface area contributed by atoms with Crippen molar-refractivity contribution in [1.29, 1.82) is 0 Å². The van der Waals surface area contributed by atoms with Gasteiger partial charge in [-0.1, -0.05) is 13.0 Å². The molecule has 1 aromatic rings. The van der Waals surface area contributed by atoms with E-state index in [1.54, 1.807) is 4.90 Å². The van der Waals surface area contributed by atoms with Crippen LogP contribution in [0.2, 0.25) is 0 Å². The Kier molecular flexibility index (Phi) is 7.28. The van der Waals surface area contributed by atoms with E-state index < -0.39 is 0 Å². The van der Waals surface area contributed by atoms with Crippen LogP contribution in [-0.2, 0) is 9.47 Å². The van der Waals surface area contributed by atoms with E-state index in [9.17, 15) is 4.79 Å². The van der Waals surface area contributed by atoms with Crippen LogP contribution in [-0.4, -0.2) is 45.0 Å². The summed E-state index contributed by atoms with van der Waals surface area (Å²) in [5, 5.41) is 3.36. The van der Waals surface area contributed by atoms with Crippen LogP contribution in [0.5, 0.6) is 0 Å². The minimum absolute atomic E-state index is 0.250. The summed E-state index contributed by atoms with van der Waals surface area (Å²) in [6.07, 6.45) is 2.39. The van der Waals surface area contributed by atoms with Crippen molar-refractivity contribution < 1.29 is 14.3 Å². The number of benzene rings is 1. The number of carbonyl (C=O) groups excluding carboxylic acids is 1. The van der Waals surface area contributed by atoms with E-state index in [-0.39, 0.29) is 12.2 Å². The summed E-state index contributed by atoms with van der Waals surface area (Å²) >= 11 is 0. The Morgan fingerprint density at radius 1 is 1.48 bits per heavy atom. The molecule has 1 aromatic carbocycles. The van der Waals surface area contributed by atoms with Crippen LogP contribution >= 0.6 is 0 Å². The van der Waals surface area contributed by atoms with Gasteiger partial charge in [-0.2, -0.15) is 0 Å². The van der Waals surface area contributed by atoms with E-state index in [1.807, 2.05) is 26.0 Å². The highest BCUT2D eigenvalue weighted by molar-refractivity contribution is 5.94. The monoisotopic (exact) mass is 347 g/mol. The molecule has 3 N–H and O–H groups in total. The van der Waals surface area contributed by atoms with Crippen molar-refractivity contribution in [3.63, 3.8) is 0 Å². The normalized spacial score (nSPS) is 17.8. The Balaban J connectivity index is 2.28. The number of nitrogens with two attached hydrogens (primary N) is 1. The molecule has 6 heteroatoms. The number of nitrogens with zero attached hydrogens (tertiary/aromatic N) is 1. The van der Waals surface area contributed by atoms with E-state index in [0.717, 1.165) is 29.9 Å². The zero-order chi connectivity index (χ0) is 18.2. The highest BCUT2D eigenvalue weighted by Gasteiger charge is 2.32. The molecule has 1 amide bonds. The molecule has 0 aromatic heterocycles. The first kappa shape index (κ1) is 19.3. The van der Waals surface area contributed by atoms with Crippen molar-refractivity contribution in [2.75, 3.05) is 43.1 Å². The lowest BCUT2D eigenvalue weighted by molar-refractivity contribution is 0.145. The molecule has 0 bridgehead atoms. The molecule has 0 aliphatic carbocycles. The molecule has 2 rings (SSSR count).